The SMILES string of the molecule is CCCCCCCCCCCCOc1cc(Cn2cc(COCCOCCOCCOCCOCCOCCOCCOCCP(=O)(OCC)OCCC)nn2)cc(OCCCCCCCCCCCC)c1OCCCCCCCCCCCC. The van der Waals surface area contributed by atoms with Gasteiger partial charge in [-0.25, -0.2) is 4.68 Å². The summed E-state index contributed by atoms with van der Waals surface area (Å²) in [6.07, 6.45) is 41.5. The molecule has 0 spiro atoms. The summed E-state index contributed by atoms with van der Waals surface area (Å²) in [7, 11) is -3.09. The lowest BCUT2D eigenvalue weighted by Gasteiger charge is -2.19. The third kappa shape index (κ3) is 48.2. The first-order chi connectivity index (χ1) is 42.0. The van der Waals surface area contributed by atoms with Gasteiger partial charge in [-0.2, -0.15) is 0 Å². The van der Waals surface area contributed by atoms with Crippen LogP contribution in [-0.4, -0.2) is 153 Å². The number of aromatic nitrogens is 3. The Kier molecular flexibility index (Phi) is 56.0. The van der Waals surface area contributed by atoms with Gasteiger partial charge in [0.2, 0.25) is 5.75 Å². The van der Waals surface area contributed by atoms with Gasteiger partial charge in [0.25, 0.3) is 0 Å². The van der Waals surface area contributed by atoms with E-state index in [1.807, 2.05) is 17.8 Å². The predicted molar refractivity (Wildman–Crippen MR) is 343 cm³/mol. The smallest absolute Gasteiger partial charge is 0.332 e. The van der Waals surface area contributed by atoms with Crippen LogP contribution < -0.4 is 14.2 Å². The Balaban J connectivity index is 1.74. The van der Waals surface area contributed by atoms with Crippen LogP contribution in [0.15, 0.2) is 18.3 Å². The summed E-state index contributed by atoms with van der Waals surface area (Å²) in [5.41, 5.74) is 1.79. The van der Waals surface area contributed by atoms with Gasteiger partial charge in [-0.3, -0.25) is 4.57 Å². The minimum Gasteiger partial charge on any atom is -0.490 e. The first-order valence-corrected chi connectivity index (χ1v) is 36.2. The zero-order valence-electron chi connectivity index (χ0n) is 54.9. The van der Waals surface area contributed by atoms with Crippen molar-refractivity contribution in [2.75, 3.05) is 138 Å². The average Bonchev–Trinajstić information content (AvgIpc) is 4.09. The van der Waals surface area contributed by atoms with Gasteiger partial charge in [-0.1, -0.05) is 206 Å². The van der Waals surface area contributed by atoms with Crippen LogP contribution in [0.5, 0.6) is 17.2 Å². The van der Waals surface area contributed by atoms with Crippen LogP contribution in [0.3, 0.4) is 0 Å². The molecule has 0 N–H and O–H groups in total. The molecule has 1 atom stereocenters. The minimum atomic E-state index is -3.09. The van der Waals surface area contributed by atoms with E-state index in [0.717, 1.165) is 54.2 Å². The number of unbranched alkanes of at least 4 members (excludes halogenated alkanes) is 27. The highest BCUT2D eigenvalue weighted by Crippen LogP contribution is 2.47. The summed E-state index contributed by atoms with van der Waals surface area (Å²) in [5.74, 6) is 2.27. The van der Waals surface area contributed by atoms with E-state index in [0.29, 0.717) is 145 Å². The summed E-state index contributed by atoms with van der Waals surface area (Å²) in [5, 5.41) is 8.90. The fourth-order valence-corrected chi connectivity index (χ4v) is 11.1. The number of hydrogen-bond acceptors (Lipinski definition) is 16. The van der Waals surface area contributed by atoms with Crippen molar-refractivity contribution in [3.8, 4) is 17.2 Å². The average molecular weight is 1230 g/mol. The van der Waals surface area contributed by atoms with Crippen LogP contribution in [-0.2, 0) is 64.7 Å². The van der Waals surface area contributed by atoms with Crippen LogP contribution in [0.4, 0.5) is 0 Å². The van der Waals surface area contributed by atoms with Crippen molar-refractivity contribution >= 4 is 7.60 Å². The van der Waals surface area contributed by atoms with Crippen LogP contribution in [0.1, 0.15) is 245 Å². The second kappa shape index (κ2) is 60.5. The molecule has 18 heteroatoms. The Morgan fingerprint density at radius 3 is 1.07 bits per heavy atom. The van der Waals surface area contributed by atoms with Crippen molar-refractivity contribution in [3.63, 3.8) is 0 Å². The standard InChI is InChI=1S/C67H126N3O14P/c1-6-11-14-17-20-23-26-29-32-35-39-80-65-58-63(59-66(81-40-36-33-30-27-24-21-18-15-12-7-2)67(65)82-41-37-34-31-28-25-22-19-16-13-8-3)60-70-61-64(68-69-70)62-79-55-54-77-51-50-75-47-46-73-43-42-72-44-45-74-48-49-76-52-53-78-56-57-85(71,83-10-5)84-38-9-4/h58-59,61H,6-57,60,62H2,1-5H3. The lowest BCUT2D eigenvalue weighted by Crippen LogP contribution is -2.15. The predicted octanol–water partition coefficient (Wildman–Crippen LogP) is 16.5. The van der Waals surface area contributed by atoms with E-state index in [2.05, 4.69) is 43.2 Å². The highest BCUT2D eigenvalue weighted by molar-refractivity contribution is 7.53. The molecule has 0 aliphatic rings. The normalized spacial score (nSPS) is 12.4. The molecule has 0 bridgehead atoms. The van der Waals surface area contributed by atoms with Gasteiger partial charge in [-0.15, -0.1) is 5.10 Å². The molecule has 0 fully saturated rings. The molecule has 0 aliphatic heterocycles. The van der Waals surface area contributed by atoms with E-state index in [1.165, 1.54) is 173 Å². The molecule has 1 aromatic heterocycles. The molecule has 1 unspecified atom stereocenters. The van der Waals surface area contributed by atoms with E-state index in [9.17, 15) is 4.57 Å². The third-order valence-corrected chi connectivity index (χ3v) is 16.4. The van der Waals surface area contributed by atoms with E-state index in [1.54, 1.807) is 6.92 Å². The fraction of sp³-hybridized carbons (Fsp3) is 0.881. The molecule has 0 amide bonds. The molecule has 2 rings (SSSR count). The van der Waals surface area contributed by atoms with Crippen molar-refractivity contribution in [2.24, 2.45) is 0 Å². The summed E-state index contributed by atoms with van der Waals surface area (Å²) in [6.45, 7) is 20.9. The second-order valence-corrected chi connectivity index (χ2v) is 24.5. The van der Waals surface area contributed by atoms with Gasteiger partial charge in [-0.05, 0) is 50.3 Å². The number of nitrogens with zero attached hydrogens (tertiary/aromatic N) is 3. The maximum atomic E-state index is 12.6. The van der Waals surface area contributed by atoms with Crippen molar-refractivity contribution < 1.29 is 65.7 Å². The topological polar surface area (TPSA) is 168 Å². The first-order valence-electron chi connectivity index (χ1n) is 34.4. The summed E-state index contributed by atoms with van der Waals surface area (Å²) in [4.78, 5) is 0. The monoisotopic (exact) mass is 1230 g/mol. The Hall–Kier alpha value is -2.41. The van der Waals surface area contributed by atoms with E-state index in [-0.39, 0.29) is 6.16 Å². The zero-order valence-corrected chi connectivity index (χ0v) is 55.8. The number of hydrogen-bond donors (Lipinski definition) is 0. The number of ether oxygens (including phenoxy) is 11. The van der Waals surface area contributed by atoms with Crippen LogP contribution in [0.2, 0.25) is 0 Å². The summed E-state index contributed by atoms with van der Waals surface area (Å²) in [6, 6.07) is 4.25. The Bertz CT molecular complexity index is 1720. The van der Waals surface area contributed by atoms with Crippen molar-refractivity contribution in [1.29, 1.82) is 0 Å². The molecular weight excluding hydrogens is 1100 g/mol. The second-order valence-electron chi connectivity index (χ2n) is 22.3. The lowest BCUT2D eigenvalue weighted by molar-refractivity contribution is -0.0234. The van der Waals surface area contributed by atoms with Gasteiger partial charge in [0.05, 0.1) is 158 Å². The molecule has 0 saturated heterocycles. The molecule has 17 nitrogen and oxygen atoms in total. The number of rotatable bonds is 69. The van der Waals surface area contributed by atoms with Gasteiger partial charge >= 0.3 is 7.60 Å². The van der Waals surface area contributed by atoms with Gasteiger partial charge < -0.3 is 61.2 Å². The maximum Gasteiger partial charge on any atom is 0.332 e. The van der Waals surface area contributed by atoms with E-state index >= 15 is 0 Å². The van der Waals surface area contributed by atoms with Crippen LogP contribution >= 0.6 is 7.60 Å². The van der Waals surface area contributed by atoms with Gasteiger partial charge in [0, 0.05) is 0 Å². The Labute approximate surface area is 518 Å². The molecule has 85 heavy (non-hydrogen) atoms. The van der Waals surface area contributed by atoms with Crippen molar-refractivity contribution in [3.05, 3.63) is 29.6 Å². The molecule has 0 radical (unpaired) electrons. The molecule has 1 heterocycles. The fourth-order valence-electron chi connectivity index (χ4n) is 9.54. The third-order valence-electron chi connectivity index (χ3n) is 14.4. The molecule has 1 aromatic carbocycles. The Morgan fingerprint density at radius 2 is 0.706 bits per heavy atom. The summed E-state index contributed by atoms with van der Waals surface area (Å²) >= 11 is 0. The van der Waals surface area contributed by atoms with Gasteiger partial charge in [0.15, 0.2) is 11.5 Å². The molecule has 498 valence electrons. The van der Waals surface area contributed by atoms with Gasteiger partial charge in [0.1, 0.15) is 5.69 Å². The summed E-state index contributed by atoms with van der Waals surface area (Å²) < 4.78 is 90.2. The zero-order chi connectivity index (χ0) is 60.9. The Morgan fingerprint density at radius 1 is 0.365 bits per heavy atom. The lowest BCUT2D eigenvalue weighted by atomic mass is 10.1. The van der Waals surface area contributed by atoms with Crippen LogP contribution in [0, 0.1) is 0 Å². The highest BCUT2D eigenvalue weighted by atomic mass is 31.2. The first kappa shape index (κ1) is 78.7. The largest absolute Gasteiger partial charge is 0.490 e. The van der Waals surface area contributed by atoms with Crippen LogP contribution in [0.25, 0.3) is 0 Å². The minimum absolute atomic E-state index is 0.231. The van der Waals surface area contributed by atoms with Crippen molar-refractivity contribution in [2.45, 2.75) is 247 Å². The molecule has 2 aromatic rings. The molecule has 0 aliphatic carbocycles. The molecular formula is C67H126N3O14P. The number of benzene rings is 1. The molecule has 0 saturated carbocycles. The van der Waals surface area contributed by atoms with E-state index < -0.39 is 7.60 Å². The van der Waals surface area contributed by atoms with E-state index in [4.69, 9.17) is 61.2 Å². The maximum absolute atomic E-state index is 12.6. The van der Waals surface area contributed by atoms with Crippen molar-refractivity contribution in [1.82, 2.24) is 15.0 Å². The highest BCUT2D eigenvalue weighted by Gasteiger charge is 2.23. The quantitative estimate of drug-likeness (QED) is 0.0453.